The predicted molar refractivity (Wildman–Crippen MR) is 120 cm³/mol. The minimum absolute atomic E-state index is 0.0733. The Hall–Kier alpha value is -3.75. The van der Waals surface area contributed by atoms with Gasteiger partial charge in [0.05, 0.1) is 21.3 Å². The molecule has 1 fully saturated rings. The first-order valence-corrected chi connectivity index (χ1v) is 10.4. The fourth-order valence-corrected chi connectivity index (χ4v) is 3.84. The molecular formula is C23H27N5O4. The highest BCUT2D eigenvalue weighted by Crippen LogP contribution is 2.38. The molecule has 1 amide bonds. The Balaban J connectivity index is 1.49. The maximum Gasteiger partial charge on any atom is 0.254 e. The number of hydrogen-bond donors (Lipinski definition) is 0. The number of anilines is 1. The van der Waals surface area contributed by atoms with Gasteiger partial charge in [0, 0.05) is 50.2 Å². The summed E-state index contributed by atoms with van der Waals surface area (Å²) >= 11 is 0. The lowest BCUT2D eigenvalue weighted by molar-refractivity contribution is 0.0745. The number of benzene rings is 1. The number of methoxy groups -OCH3 is 3. The van der Waals surface area contributed by atoms with Gasteiger partial charge in [-0.05, 0) is 31.2 Å². The van der Waals surface area contributed by atoms with Gasteiger partial charge in [0.25, 0.3) is 5.91 Å². The minimum Gasteiger partial charge on any atom is -0.493 e. The number of ether oxygens (including phenoxy) is 3. The van der Waals surface area contributed by atoms with Gasteiger partial charge in [-0.1, -0.05) is 0 Å². The van der Waals surface area contributed by atoms with E-state index in [1.165, 1.54) is 21.3 Å². The van der Waals surface area contributed by atoms with Gasteiger partial charge in [-0.25, -0.2) is 9.97 Å². The quantitative estimate of drug-likeness (QED) is 0.586. The third-order valence-corrected chi connectivity index (χ3v) is 5.48. The second-order valence-corrected chi connectivity index (χ2v) is 7.42. The van der Waals surface area contributed by atoms with Crippen molar-refractivity contribution in [3.63, 3.8) is 0 Å². The van der Waals surface area contributed by atoms with E-state index in [2.05, 4.69) is 14.9 Å². The Labute approximate surface area is 187 Å². The number of hydrogen-bond acceptors (Lipinski definition) is 7. The van der Waals surface area contributed by atoms with E-state index in [1.54, 1.807) is 12.1 Å². The molecule has 0 N–H and O–H groups in total. The Morgan fingerprint density at radius 3 is 2.00 bits per heavy atom. The van der Waals surface area contributed by atoms with Gasteiger partial charge in [0.1, 0.15) is 17.5 Å². The van der Waals surface area contributed by atoms with Crippen LogP contribution in [0.3, 0.4) is 0 Å². The number of carbonyl (C=O) groups excluding carboxylic acids is 1. The van der Waals surface area contributed by atoms with Gasteiger partial charge < -0.3 is 28.6 Å². The Kier molecular flexibility index (Phi) is 6.16. The van der Waals surface area contributed by atoms with Crippen molar-refractivity contribution in [2.45, 2.75) is 6.92 Å². The van der Waals surface area contributed by atoms with Crippen LogP contribution in [0.5, 0.6) is 17.2 Å². The summed E-state index contributed by atoms with van der Waals surface area (Å²) in [5, 5.41) is 0. The number of nitrogens with zero attached hydrogens (tertiary/aromatic N) is 5. The van der Waals surface area contributed by atoms with Gasteiger partial charge in [0.15, 0.2) is 11.5 Å². The SMILES string of the molecule is COc1cc(C(=O)N2CCN(c3cc(-n4cccc4)nc(C)n3)CC2)cc(OC)c1OC. The average molecular weight is 438 g/mol. The molecule has 1 saturated heterocycles. The molecule has 3 aromatic rings. The number of rotatable bonds is 6. The summed E-state index contributed by atoms with van der Waals surface area (Å²) in [6.45, 7) is 4.41. The van der Waals surface area contributed by atoms with Crippen molar-refractivity contribution in [1.82, 2.24) is 19.4 Å². The standard InChI is InChI=1S/C23H27N5O4/c1-16-24-20(26-7-5-6-8-26)15-21(25-16)27-9-11-28(12-10-27)23(29)17-13-18(30-2)22(32-4)19(14-17)31-3/h5-8,13-15H,9-12H2,1-4H3. The van der Waals surface area contributed by atoms with Gasteiger partial charge >= 0.3 is 0 Å². The van der Waals surface area contributed by atoms with Crippen LogP contribution in [0.1, 0.15) is 16.2 Å². The largest absolute Gasteiger partial charge is 0.493 e. The molecule has 0 atom stereocenters. The zero-order valence-electron chi connectivity index (χ0n) is 18.7. The van der Waals surface area contributed by atoms with E-state index in [4.69, 9.17) is 14.2 Å². The molecule has 3 heterocycles. The molecule has 2 aromatic heterocycles. The molecule has 1 aliphatic heterocycles. The lowest BCUT2D eigenvalue weighted by Crippen LogP contribution is -2.49. The number of aromatic nitrogens is 3. The van der Waals surface area contributed by atoms with E-state index in [9.17, 15) is 4.79 Å². The third kappa shape index (κ3) is 4.18. The highest BCUT2D eigenvalue weighted by atomic mass is 16.5. The molecule has 0 radical (unpaired) electrons. The molecule has 32 heavy (non-hydrogen) atoms. The van der Waals surface area contributed by atoms with Crippen molar-refractivity contribution >= 4 is 11.7 Å². The summed E-state index contributed by atoms with van der Waals surface area (Å²) < 4.78 is 18.1. The van der Waals surface area contributed by atoms with E-state index in [0.29, 0.717) is 54.8 Å². The fourth-order valence-electron chi connectivity index (χ4n) is 3.84. The van der Waals surface area contributed by atoms with Crippen LogP contribution in [-0.4, -0.2) is 72.9 Å². The first-order valence-electron chi connectivity index (χ1n) is 10.4. The average Bonchev–Trinajstić information content (AvgIpc) is 3.37. The zero-order valence-corrected chi connectivity index (χ0v) is 18.7. The molecule has 1 aliphatic rings. The van der Waals surface area contributed by atoms with Crippen molar-refractivity contribution in [2.75, 3.05) is 52.4 Å². The van der Waals surface area contributed by atoms with E-state index in [1.807, 2.05) is 47.0 Å². The lowest BCUT2D eigenvalue weighted by atomic mass is 10.1. The maximum absolute atomic E-state index is 13.2. The number of aryl methyl sites for hydroxylation is 1. The zero-order chi connectivity index (χ0) is 22.7. The van der Waals surface area contributed by atoms with E-state index in [-0.39, 0.29) is 5.91 Å². The smallest absolute Gasteiger partial charge is 0.254 e. The second-order valence-electron chi connectivity index (χ2n) is 7.42. The van der Waals surface area contributed by atoms with E-state index < -0.39 is 0 Å². The van der Waals surface area contributed by atoms with Crippen LogP contribution < -0.4 is 19.1 Å². The lowest BCUT2D eigenvalue weighted by Gasteiger charge is -2.35. The van der Waals surface area contributed by atoms with Crippen LogP contribution in [0.15, 0.2) is 42.7 Å². The molecule has 0 spiro atoms. The summed E-state index contributed by atoms with van der Waals surface area (Å²) in [5.74, 6) is 3.71. The summed E-state index contributed by atoms with van der Waals surface area (Å²) in [4.78, 5) is 26.3. The summed E-state index contributed by atoms with van der Waals surface area (Å²) in [5.41, 5.74) is 0.501. The topological polar surface area (TPSA) is 82.0 Å². The molecule has 9 nitrogen and oxygen atoms in total. The second kappa shape index (κ2) is 9.17. The van der Waals surface area contributed by atoms with Gasteiger partial charge in [-0.15, -0.1) is 0 Å². The first kappa shape index (κ1) is 21.5. The van der Waals surface area contributed by atoms with Crippen LogP contribution in [0, 0.1) is 6.92 Å². The fraction of sp³-hybridized carbons (Fsp3) is 0.348. The molecule has 0 aliphatic carbocycles. The van der Waals surface area contributed by atoms with Crippen molar-refractivity contribution in [3.8, 4) is 23.1 Å². The van der Waals surface area contributed by atoms with Crippen molar-refractivity contribution in [2.24, 2.45) is 0 Å². The third-order valence-electron chi connectivity index (χ3n) is 5.48. The van der Waals surface area contributed by atoms with E-state index in [0.717, 1.165) is 11.6 Å². The summed E-state index contributed by atoms with van der Waals surface area (Å²) in [6.07, 6.45) is 3.92. The molecule has 1 aromatic carbocycles. The number of carbonyl (C=O) groups is 1. The Morgan fingerprint density at radius 2 is 1.44 bits per heavy atom. The molecule has 0 bridgehead atoms. The monoisotopic (exact) mass is 437 g/mol. The Bertz CT molecular complexity index is 1070. The van der Waals surface area contributed by atoms with Crippen LogP contribution in [0.25, 0.3) is 5.82 Å². The molecule has 9 heteroatoms. The van der Waals surface area contributed by atoms with Crippen molar-refractivity contribution in [3.05, 3.63) is 54.1 Å². The van der Waals surface area contributed by atoms with Gasteiger partial charge in [-0.3, -0.25) is 4.79 Å². The van der Waals surface area contributed by atoms with Gasteiger partial charge in [0.2, 0.25) is 5.75 Å². The van der Waals surface area contributed by atoms with Gasteiger partial charge in [-0.2, -0.15) is 0 Å². The minimum atomic E-state index is -0.0733. The molecule has 168 valence electrons. The van der Waals surface area contributed by atoms with E-state index >= 15 is 0 Å². The summed E-state index contributed by atoms with van der Waals surface area (Å²) in [6, 6.07) is 9.28. The Morgan fingerprint density at radius 1 is 0.844 bits per heavy atom. The van der Waals surface area contributed by atoms with Crippen LogP contribution >= 0.6 is 0 Å². The molecule has 4 rings (SSSR count). The predicted octanol–water partition coefficient (Wildman–Crippen LogP) is 2.56. The van der Waals surface area contributed by atoms with Crippen LogP contribution in [0.4, 0.5) is 5.82 Å². The van der Waals surface area contributed by atoms with Crippen molar-refractivity contribution in [1.29, 1.82) is 0 Å². The highest BCUT2D eigenvalue weighted by molar-refractivity contribution is 5.95. The normalized spacial score (nSPS) is 13.8. The molecular weight excluding hydrogens is 410 g/mol. The number of amides is 1. The molecule has 0 unspecified atom stereocenters. The van der Waals surface area contributed by atoms with Crippen molar-refractivity contribution < 1.29 is 19.0 Å². The van der Waals surface area contributed by atoms with Crippen LogP contribution in [0.2, 0.25) is 0 Å². The number of piperazine rings is 1. The highest BCUT2D eigenvalue weighted by Gasteiger charge is 2.25. The first-order chi connectivity index (χ1) is 15.5. The summed E-state index contributed by atoms with van der Waals surface area (Å²) in [7, 11) is 4.61. The van der Waals surface area contributed by atoms with Crippen LogP contribution in [-0.2, 0) is 0 Å². The maximum atomic E-state index is 13.2. The molecule has 0 saturated carbocycles.